The van der Waals surface area contributed by atoms with Gasteiger partial charge in [-0.2, -0.15) is 5.10 Å². The van der Waals surface area contributed by atoms with Crippen molar-refractivity contribution in [1.29, 1.82) is 0 Å². The number of piperidine rings is 1. The normalized spacial score (nSPS) is 14.0. The maximum Gasteiger partial charge on any atom is 0.250 e. The molecular weight excluding hydrogens is 479 g/mol. The van der Waals surface area contributed by atoms with Crippen LogP contribution in [0.2, 0.25) is 0 Å². The SMILES string of the molecule is Cc1cc(N2CCCCC2)nc(SCC(=O)N/N=C/c2ccc(N(CCCl)CCCl)cc2)n1. The van der Waals surface area contributed by atoms with E-state index >= 15 is 0 Å². The average molecular weight is 510 g/mol. The molecule has 1 aliphatic heterocycles. The van der Waals surface area contributed by atoms with Crippen molar-refractivity contribution in [3.05, 3.63) is 41.6 Å². The van der Waals surface area contributed by atoms with E-state index < -0.39 is 0 Å². The van der Waals surface area contributed by atoms with E-state index in [9.17, 15) is 4.79 Å². The minimum Gasteiger partial charge on any atom is -0.369 e. The van der Waals surface area contributed by atoms with Crippen LogP contribution in [0.25, 0.3) is 0 Å². The third kappa shape index (κ3) is 8.36. The van der Waals surface area contributed by atoms with Crippen LogP contribution in [0.15, 0.2) is 40.6 Å². The zero-order valence-corrected chi connectivity index (χ0v) is 21.2. The number of hydrazone groups is 1. The van der Waals surface area contributed by atoms with Crippen molar-refractivity contribution < 1.29 is 4.79 Å². The first kappa shape index (κ1) is 25.6. The number of carbonyl (C=O) groups excluding carboxylic acids is 1. The number of alkyl halides is 2. The molecule has 0 spiro atoms. The number of hydrogen-bond donors (Lipinski definition) is 1. The number of hydrogen-bond acceptors (Lipinski definition) is 7. The molecule has 3 rings (SSSR count). The maximum absolute atomic E-state index is 12.2. The number of anilines is 2. The van der Waals surface area contributed by atoms with Crippen LogP contribution in [-0.2, 0) is 4.79 Å². The molecule has 0 atom stereocenters. The summed E-state index contributed by atoms with van der Waals surface area (Å²) in [5, 5.41) is 4.68. The molecule has 178 valence electrons. The minimum absolute atomic E-state index is 0.199. The van der Waals surface area contributed by atoms with Crippen LogP contribution in [-0.4, -0.2) is 65.8 Å². The summed E-state index contributed by atoms with van der Waals surface area (Å²) in [6.45, 7) is 5.47. The lowest BCUT2D eigenvalue weighted by Crippen LogP contribution is -2.30. The van der Waals surface area contributed by atoms with Crippen molar-refractivity contribution in [3.8, 4) is 0 Å². The van der Waals surface area contributed by atoms with Gasteiger partial charge in [0, 0.05) is 55.4 Å². The molecular formula is C23H30Cl2N6OS. The van der Waals surface area contributed by atoms with Gasteiger partial charge in [0.05, 0.1) is 12.0 Å². The van der Waals surface area contributed by atoms with Crippen molar-refractivity contribution in [2.24, 2.45) is 5.10 Å². The van der Waals surface area contributed by atoms with E-state index in [1.807, 2.05) is 37.3 Å². The molecule has 0 bridgehead atoms. The minimum atomic E-state index is -0.201. The van der Waals surface area contributed by atoms with Crippen LogP contribution in [0.5, 0.6) is 0 Å². The molecule has 1 aliphatic rings. The summed E-state index contributed by atoms with van der Waals surface area (Å²) in [7, 11) is 0. The number of amides is 1. The topological polar surface area (TPSA) is 73.7 Å². The van der Waals surface area contributed by atoms with Gasteiger partial charge in [0.15, 0.2) is 5.16 Å². The summed E-state index contributed by atoms with van der Waals surface area (Å²) < 4.78 is 0. The highest BCUT2D eigenvalue weighted by Gasteiger charge is 2.14. The van der Waals surface area contributed by atoms with Gasteiger partial charge in [-0.25, -0.2) is 15.4 Å². The van der Waals surface area contributed by atoms with Gasteiger partial charge in [-0.1, -0.05) is 23.9 Å². The van der Waals surface area contributed by atoms with E-state index in [2.05, 4.69) is 30.3 Å². The molecule has 2 aromatic rings. The molecule has 33 heavy (non-hydrogen) atoms. The quantitative estimate of drug-likeness (QED) is 0.160. The smallest absolute Gasteiger partial charge is 0.250 e. The number of nitrogens with zero attached hydrogens (tertiary/aromatic N) is 5. The van der Waals surface area contributed by atoms with Gasteiger partial charge in [-0.05, 0) is 43.9 Å². The molecule has 1 amide bonds. The Morgan fingerprint density at radius 2 is 1.85 bits per heavy atom. The zero-order valence-electron chi connectivity index (χ0n) is 18.8. The summed E-state index contributed by atoms with van der Waals surface area (Å²) in [6, 6.07) is 9.88. The molecule has 1 N–H and O–H groups in total. The molecule has 0 unspecified atom stereocenters. The summed E-state index contributed by atoms with van der Waals surface area (Å²) in [6.07, 6.45) is 5.27. The van der Waals surface area contributed by atoms with Crippen molar-refractivity contribution in [3.63, 3.8) is 0 Å². The average Bonchev–Trinajstić information content (AvgIpc) is 2.83. The van der Waals surface area contributed by atoms with E-state index in [0.29, 0.717) is 16.9 Å². The molecule has 1 saturated heterocycles. The van der Waals surface area contributed by atoms with E-state index in [0.717, 1.165) is 48.9 Å². The largest absolute Gasteiger partial charge is 0.369 e. The van der Waals surface area contributed by atoms with Gasteiger partial charge in [0.1, 0.15) is 5.82 Å². The fourth-order valence-electron chi connectivity index (χ4n) is 3.56. The van der Waals surface area contributed by atoms with Gasteiger partial charge < -0.3 is 9.80 Å². The third-order valence-corrected chi connectivity index (χ3v) is 6.39. The van der Waals surface area contributed by atoms with E-state index in [1.54, 1.807) is 6.21 Å². The molecule has 0 radical (unpaired) electrons. The number of carbonyl (C=O) groups is 1. The van der Waals surface area contributed by atoms with E-state index in [-0.39, 0.29) is 11.7 Å². The number of halogens is 2. The predicted molar refractivity (Wildman–Crippen MR) is 139 cm³/mol. The number of rotatable bonds is 11. The maximum atomic E-state index is 12.2. The Balaban J connectivity index is 1.49. The summed E-state index contributed by atoms with van der Waals surface area (Å²) in [5.41, 5.74) is 5.42. The number of thioether (sulfide) groups is 1. The second-order valence-corrected chi connectivity index (χ2v) is 9.43. The van der Waals surface area contributed by atoms with Gasteiger partial charge in [-0.15, -0.1) is 23.2 Å². The first-order valence-corrected chi connectivity index (χ1v) is 13.2. The fourth-order valence-corrected chi connectivity index (χ4v) is 4.66. The number of nitrogens with one attached hydrogen (secondary N) is 1. The van der Waals surface area contributed by atoms with Crippen LogP contribution < -0.4 is 15.2 Å². The van der Waals surface area contributed by atoms with Crippen LogP contribution in [0, 0.1) is 6.92 Å². The van der Waals surface area contributed by atoms with Crippen LogP contribution in [0.4, 0.5) is 11.5 Å². The molecule has 7 nitrogen and oxygen atoms in total. The highest BCUT2D eigenvalue weighted by molar-refractivity contribution is 7.99. The van der Waals surface area contributed by atoms with Gasteiger partial charge in [0.2, 0.25) is 0 Å². The molecule has 0 aliphatic carbocycles. The molecule has 10 heteroatoms. The van der Waals surface area contributed by atoms with Gasteiger partial charge >= 0.3 is 0 Å². The summed E-state index contributed by atoms with van der Waals surface area (Å²) in [4.78, 5) is 25.8. The second kappa shape index (κ2) is 13.6. The summed E-state index contributed by atoms with van der Waals surface area (Å²) >= 11 is 13.1. The lowest BCUT2D eigenvalue weighted by atomic mass is 10.1. The lowest BCUT2D eigenvalue weighted by Gasteiger charge is -2.28. The standard InChI is InChI=1S/C23H30Cl2N6OS/c1-18-15-21(31-11-3-2-4-12-31)28-23(27-18)33-17-22(32)29-26-16-19-5-7-20(8-6-19)30(13-9-24)14-10-25/h5-8,15-16H,2-4,9-14,17H2,1H3,(H,29,32)/b26-16+. The summed E-state index contributed by atoms with van der Waals surface area (Å²) in [5.74, 6) is 2.02. The first-order valence-electron chi connectivity index (χ1n) is 11.1. The number of benzene rings is 1. The Labute approximate surface area is 209 Å². The van der Waals surface area contributed by atoms with Crippen molar-refractivity contribution in [1.82, 2.24) is 15.4 Å². The van der Waals surface area contributed by atoms with Crippen molar-refractivity contribution in [2.45, 2.75) is 31.3 Å². The van der Waals surface area contributed by atoms with Crippen molar-refractivity contribution >= 4 is 58.6 Å². The monoisotopic (exact) mass is 508 g/mol. The van der Waals surface area contributed by atoms with Crippen molar-refractivity contribution in [2.75, 3.05) is 53.5 Å². The van der Waals surface area contributed by atoms with Crippen LogP contribution in [0.1, 0.15) is 30.5 Å². The zero-order chi connectivity index (χ0) is 23.5. The highest BCUT2D eigenvalue weighted by Crippen LogP contribution is 2.22. The Bertz CT molecular complexity index is 916. The van der Waals surface area contributed by atoms with Crippen LogP contribution in [0.3, 0.4) is 0 Å². The highest BCUT2D eigenvalue weighted by atomic mass is 35.5. The van der Waals surface area contributed by atoms with Gasteiger partial charge in [-0.3, -0.25) is 4.79 Å². The Morgan fingerprint density at radius 3 is 2.52 bits per heavy atom. The molecule has 1 fully saturated rings. The first-order chi connectivity index (χ1) is 16.1. The molecule has 0 saturated carbocycles. The Morgan fingerprint density at radius 1 is 1.15 bits per heavy atom. The predicted octanol–water partition coefficient (Wildman–Crippen LogP) is 4.30. The van der Waals surface area contributed by atoms with Crippen LogP contribution >= 0.6 is 35.0 Å². The number of aromatic nitrogens is 2. The van der Waals surface area contributed by atoms with Gasteiger partial charge in [0.25, 0.3) is 5.91 Å². The lowest BCUT2D eigenvalue weighted by molar-refractivity contribution is -0.118. The second-order valence-electron chi connectivity index (χ2n) is 7.74. The third-order valence-electron chi connectivity index (χ3n) is 5.20. The van der Waals surface area contributed by atoms with E-state index in [4.69, 9.17) is 23.2 Å². The number of aryl methyl sites for hydroxylation is 1. The molecule has 1 aromatic carbocycles. The molecule has 2 heterocycles. The molecule has 1 aromatic heterocycles. The Kier molecular flexibility index (Phi) is 10.6. The fraction of sp³-hybridized carbons (Fsp3) is 0.478. The van der Waals surface area contributed by atoms with E-state index in [1.165, 1.54) is 31.0 Å². The Hall–Kier alpha value is -2.03.